The minimum Gasteiger partial charge on any atom is -0.403 e. The Hall–Kier alpha value is -0.900. The molecule has 4 nitrogen and oxygen atoms in total. The molecule has 0 unspecified atom stereocenters. The molecule has 0 aliphatic rings. The van der Waals surface area contributed by atoms with E-state index in [9.17, 15) is 18.0 Å². The summed E-state index contributed by atoms with van der Waals surface area (Å²) < 4.78 is 40.1. The van der Waals surface area contributed by atoms with Crippen molar-refractivity contribution in [1.29, 1.82) is 0 Å². The molecule has 8 heteroatoms. The molecule has 0 fully saturated rings. The first-order valence-electron chi connectivity index (χ1n) is 3.97. The molecule has 16 heavy (non-hydrogen) atoms. The molecule has 0 atom stereocenters. The third-order valence-corrected chi connectivity index (χ3v) is 2.73. The summed E-state index contributed by atoms with van der Waals surface area (Å²) in [4.78, 5) is 14.2. The van der Waals surface area contributed by atoms with Crippen LogP contribution in [-0.4, -0.2) is 17.6 Å². The fraction of sp³-hybridized carbons (Fsp3) is 0.250. The average molecular weight is 346 g/mol. The van der Waals surface area contributed by atoms with Crippen molar-refractivity contribution in [2.75, 3.05) is 0 Å². The predicted molar refractivity (Wildman–Crippen MR) is 56.9 cm³/mol. The van der Waals surface area contributed by atoms with Crippen molar-refractivity contribution >= 4 is 28.9 Å². The summed E-state index contributed by atoms with van der Waals surface area (Å²) in [6, 6.07) is 0. The average Bonchev–Trinajstić information content (AvgIpc) is 2.19. The van der Waals surface area contributed by atoms with Crippen molar-refractivity contribution < 1.29 is 22.7 Å². The van der Waals surface area contributed by atoms with Crippen LogP contribution in [0.1, 0.15) is 16.1 Å². The largest absolute Gasteiger partial charge is 0.573 e. The highest BCUT2D eigenvalue weighted by molar-refractivity contribution is 14.1. The number of nitrogens with zero attached hydrogens (tertiary/aromatic N) is 1. The van der Waals surface area contributed by atoms with Crippen molar-refractivity contribution in [2.24, 2.45) is 5.73 Å². The minimum absolute atomic E-state index is 0.0250. The number of carbonyl (C=O) groups is 1. The lowest BCUT2D eigenvalue weighted by Crippen LogP contribution is -2.20. The van der Waals surface area contributed by atoms with E-state index in [0.29, 0.717) is 6.29 Å². The van der Waals surface area contributed by atoms with Gasteiger partial charge in [-0.3, -0.25) is 9.78 Å². The highest BCUT2D eigenvalue weighted by atomic mass is 127. The lowest BCUT2D eigenvalue weighted by molar-refractivity contribution is -0.275. The van der Waals surface area contributed by atoms with Crippen LogP contribution in [0.15, 0.2) is 6.20 Å². The van der Waals surface area contributed by atoms with Crippen LogP contribution >= 0.6 is 22.6 Å². The molecule has 2 N–H and O–H groups in total. The summed E-state index contributed by atoms with van der Waals surface area (Å²) in [5, 5.41) is 0. The van der Waals surface area contributed by atoms with Crippen LogP contribution in [0.2, 0.25) is 0 Å². The quantitative estimate of drug-likeness (QED) is 0.670. The van der Waals surface area contributed by atoms with Gasteiger partial charge in [0.15, 0.2) is 12.0 Å². The van der Waals surface area contributed by atoms with E-state index in [-0.39, 0.29) is 21.4 Å². The second-order valence-electron chi connectivity index (χ2n) is 2.67. The fourth-order valence-electron chi connectivity index (χ4n) is 0.968. The van der Waals surface area contributed by atoms with Crippen molar-refractivity contribution in [3.63, 3.8) is 0 Å². The van der Waals surface area contributed by atoms with E-state index in [1.807, 2.05) is 0 Å². The smallest absolute Gasteiger partial charge is 0.403 e. The van der Waals surface area contributed by atoms with Crippen LogP contribution in [-0.2, 0) is 6.54 Å². The number of rotatable bonds is 3. The molecule has 1 aromatic rings. The molecule has 0 saturated heterocycles. The number of hydrogen-bond donors (Lipinski definition) is 1. The molecule has 0 aliphatic heterocycles. The maximum atomic E-state index is 12.1. The van der Waals surface area contributed by atoms with Gasteiger partial charge in [-0.1, -0.05) is 0 Å². The van der Waals surface area contributed by atoms with Gasteiger partial charge in [0.25, 0.3) is 0 Å². The minimum atomic E-state index is -4.84. The third-order valence-electron chi connectivity index (χ3n) is 1.61. The molecule has 0 aliphatic carbocycles. The van der Waals surface area contributed by atoms with Gasteiger partial charge in [-0.05, 0) is 22.6 Å². The summed E-state index contributed by atoms with van der Waals surface area (Å²) in [5.74, 6) is -0.514. The Balaban J connectivity index is 3.26. The Bertz CT molecular complexity index is 409. The van der Waals surface area contributed by atoms with E-state index in [0.717, 1.165) is 6.20 Å². The fourth-order valence-corrected chi connectivity index (χ4v) is 1.66. The Morgan fingerprint density at radius 2 is 2.19 bits per heavy atom. The molecule has 1 heterocycles. The third kappa shape index (κ3) is 3.04. The number of pyridine rings is 1. The first kappa shape index (κ1) is 13.2. The summed E-state index contributed by atoms with van der Waals surface area (Å²) in [6.45, 7) is -0.208. The first-order chi connectivity index (χ1) is 7.39. The standard InChI is InChI=1S/C8H6F3IN2O2/c9-8(10,11)16-7-5(1-13)14-2-4(3-15)6(7)12/h2-3H,1,13H2. The van der Waals surface area contributed by atoms with Gasteiger partial charge in [-0.25, -0.2) is 0 Å². The number of alkyl halides is 3. The maximum absolute atomic E-state index is 12.1. The molecule has 1 rings (SSSR count). The van der Waals surface area contributed by atoms with E-state index in [1.54, 1.807) is 22.6 Å². The molecule has 0 radical (unpaired) electrons. The van der Waals surface area contributed by atoms with E-state index >= 15 is 0 Å². The molecule has 0 amide bonds. The van der Waals surface area contributed by atoms with Crippen LogP contribution < -0.4 is 10.5 Å². The lowest BCUT2D eigenvalue weighted by atomic mass is 10.2. The maximum Gasteiger partial charge on any atom is 0.573 e. The van der Waals surface area contributed by atoms with Gasteiger partial charge < -0.3 is 10.5 Å². The van der Waals surface area contributed by atoms with E-state index in [1.165, 1.54) is 0 Å². The topological polar surface area (TPSA) is 65.2 Å². The summed E-state index contributed by atoms with van der Waals surface area (Å²) in [5.41, 5.74) is 5.20. The van der Waals surface area contributed by atoms with Crippen LogP contribution in [0.5, 0.6) is 5.75 Å². The number of ether oxygens (including phenoxy) is 1. The molecular formula is C8H6F3IN2O2. The molecule has 1 aromatic heterocycles. The van der Waals surface area contributed by atoms with E-state index in [4.69, 9.17) is 5.73 Å². The number of halogens is 4. The Morgan fingerprint density at radius 1 is 1.56 bits per heavy atom. The Labute approximate surface area is 102 Å². The SMILES string of the molecule is NCc1ncc(C=O)c(I)c1OC(F)(F)F. The zero-order valence-corrected chi connectivity index (χ0v) is 9.87. The van der Waals surface area contributed by atoms with Crippen LogP contribution in [0.3, 0.4) is 0 Å². The number of hydrogen-bond acceptors (Lipinski definition) is 4. The van der Waals surface area contributed by atoms with E-state index < -0.39 is 12.1 Å². The van der Waals surface area contributed by atoms with E-state index in [2.05, 4.69) is 9.72 Å². The predicted octanol–water partition coefficient (Wildman–Crippen LogP) is 1.86. The summed E-state index contributed by atoms with van der Waals surface area (Å²) in [7, 11) is 0. The van der Waals surface area contributed by atoms with Gasteiger partial charge in [0.2, 0.25) is 0 Å². The van der Waals surface area contributed by atoms with Crippen LogP contribution in [0.25, 0.3) is 0 Å². The second-order valence-corrected chi connectivity index (χ2v) is 3.75. The molecule has 0 bridgehead atoms. The number of aromatic nitrogens is 1. The highest BCUT2D eigenvalue weighted by Gasteiger charge is 2.33. The lowest BCUT2D eigenvalue weighted by Gasteiger charge is -2.14. The number of carbonyl (C=O) groups excluding carboxylic acids is 1. The Kier molecular flexibility index (Phi) is 4.08. The second kappa shape index (κ2) is 4.95. The van der Waals surface area contributed by atoms with Gasteiger partial charge in [-0.15, -0.1) is 13.2 Å². The van der Waals surface area contributed by atoms with Gasteiger partial charge in [0.1, 0.15) is 0 Å². The van der Waals surface area contributed by atoms with Crippen molar-refractivity contribution in [3.8, 4) is 5.75 Å². The van der Waals surface area contributed by atoms with Crippen molar-refractivity contribution in [3.05, 3.63) is 21.0 Å². The molecule has 0 saturated carbocycles. The zero-order chi connectivity index (χ0) is 12.3. The summed E-state index contributed by atoms with van der Waals surface area (Å²) in [6.07, 6.45) is -3.29. The highest BCUT2D eigenvalue weighted by Crippen LogP contribution is 2.31. The molecular weight excluding hydrogens is 340 g/mol. The van der Waals surface area contributed by atoms with Gasteiger partial charge in [0, 0.05) is 18.3 Å². The van der Waals surface area contributed by atoms with Crippen LogP contribution in [0.4, 0.5) is 13.2 Å². The van der Waals surface area contributed by atoms with Crippen LogP contribution in [0, 0.1) is 3.57 Å². The molecule has 0 aromatic carbocycles. The van der Waals surface area contributed by atoms with Gasteiger partial charge in [-0.2, -0.15) is 0 Å². The Morgan fingerprint density at radius 3 is 2.62 bits per heavy atom. The molecule has 0 spiro atoms. The van der Waals surface area contributed by atoms with Gasteiger partial charge in [0.05, 0.1) is 9.26 Å². The number of nitrogens with two attached hydrogens (primary N) is 1. The van der Waals surface area contributed by atoms with Gasteiger partial charge >= 0.3 is 6.36 Å². The number of aldehydes is 1. The molecule has 88 valence electrons. The zero-order valence-electron chi connectivity index (χ0n) is 7.71. The van der Waals surface area contributed by atoms with Crippen molar-refractivity contribution in [2.45, 2.75) is 12.9 Å². The monoisotopic (exact) mass is 346 g/mol. The summed E-state index contributed by atoms with van der Waals surface area (Å²) >= 11 is 1.58. The normalized spacial score (nSPS) is 11.3. The first-order valence-corrected chi connectivity index (χ1v) is 5.05. The van der Waals surface area contributed by atoms with Crippen molar-refractivity contribution in [1.82, 2.24) is 4.98 Å².